The number of benzene rings is 1. The minimum absolute atomic E-state index is 0.0956. The first-order valence-electron chi connectivity index (χ1n) is 7.44. The summed E-state index contributed by atoms with van der Waals surface area (Å²) in [5, 5.41) is 12.2. The van der Waals surface area contributed by atoms with Crippen LogP contribution in [0.25, 0.3) is 0 Å². The van der Waals surface area contributed by atoms with Gasteiger partial charge >= 0.3 is 5.97 Å². The Kier molecular flexibility index (Phi) is 3.92. The Morgan fingerprint density at radius 3 is 2.95 bits per heavy atom. The molecule has 5 heteroatoms. The van der Waals surface area contributed by atoms with E-state index in [1.54, 1.807) is 0 Å². The number of carbonyl (C=O) groups excluding carboxylic acids is 1. The first-order chi connectivity index (χ1) is 10.1. The van der Waals surface area contributed by atoms with E-state index in [9.17, 15) is 9.59 Å². The molecule has 0 saturated carbocycles. The van der Waals surface area contributed by atoms with Gasteiger partial charge in [0.2, 0.25) is 5.91 Å². The van der Waals surface area contributed by atoms with Crippen molar-refractivity contribution < 1.29 is 14.7 Å². The molecule has 21 heavy (non-hydrogen) atoms. The van der Waals surface area contributed by atoms with Gasteiger partial charge < -0.3 is 15.3 Å². The summed E-state index contributed by atoms with van der Waals surface area (Å²) in [6.07, 6.45) is 0.948. The lowest BCUT2D eigenvalue weighted by Crippen LogP contribution is -2.40. The summed E-state index contributed by atoms with van der Waals surface area (Å²) in [5.41, 5.74) is 2.30. The minimum atomic E-state index is -0.779. The number of hydrogen-bond donors (Lipinski definition) is 2. The van der Waals surface area contributed by atoms with Crippen LogP contribution in [0.1, 0.15) is 29.9 Å². The molecule has 0 radical (unpaired) electrons. The Labute approximate surface area is 123 Å². The van der Waals surface area contributed by atoms with Crippen molar-refractivity contribution in [2.45, 2.75) is 25.3 Å². The van der Waals surface area contributed by atoms with E-state index in [1.807, 2.05) is 23.1 Å². The molecule has 0 aliphatic carbocycles. The predicted molar refractivity (Wildman–Crippen MR) is 77.8 cm³/mol. The number of carboxylic acid groups (broad SMARTS) is 1. The zero-order valence-corrected chi connectivity index (χ0v) is 11.9. The molecule has 5 nitrogen and oxygen atoms in total. The molecular formula is C16H20N2O3. The second kappa shape index (κ2) is 5.85. The van der Waals surface area contributed by atoms with Gasteiger partial charge in [0, 0.05) is 32.6 Å². The highest BCUT2D eigenvalue weighted by Crippen LogP contribution is 2.28. The molecule has 1 saturated heterocycles. The van der Waals surface area contributed by atoms with Gasteiger partial charge in [-0.25, -0.2) is 0 Å². The van der Waals surface area contributed by atoms with Gasteiger partial charge in [0.05, 0.1) is 5.92 Å². The van der Waals surface area contributed by atoms with Gasteiger partial charge in [-0.05, 0) is 23.5 Å². The highest BCUT2D eigenvalue weighted by atomic mass is 16.4. The second-order valence-electron chi connectivity index (χ2n) is 5.92. The first-order valence-corrected chi connectivity index (χ1v) is 7.44. The summed E-state index contributed by atoms with van der Waals surface area (Å²) >= 11 is 0. The van der Waals surface area contributed by atoms with Gasteiger partial charge in [-0.15, -0.1) is 0 Å². The summed E-state index contributed by atoms with van der Waals surface area (Å²) in [7, 11) is 0. The summed E-state index contributed by atoms with van der Waals surface area (Å²) in [6, 6.07) is 8.05. The molecule has 3 rings (SSSR count). The van der Waals surface area contributed by atoms with Gasteiger partial charge in [-0.3, -0.25) is 9.59 Å². The van der Waals surface area contributed by atoms with Crippen molar-refractivity contribution in [2.75, 3.05) is 19.6 Å². The van der Waals surface area contributed by atoms with Crippen molar-refractivity contribution in [1.29, 1.82) is 0 Å². The first kappa shape index (κ1) is 14.1. The topological polar surface area (TPSA) is 69.6 Å². The third-order valence-electron chi connectivity index (χ3n) is 4.45. The lowest BCUT2D eigenvalue weighted by atomic mass is 9.90. The average Bonchev–Trinajstić information content (AvgIpc) is 2.93. The van der Waals surface area contributed by atoms with E-state index in [0.717, 1.165) is 18.5 Å². The van der Waals surface area contributed by atoms with Crippen LogP contribution in [0.5, 0.6) is 0 Å². The number of rotatable bonds is 3. The summed E-state index contributed by atoms with van der Waals surface area (Å²) in [5.74, 6) is -0.696. The lowest BCUT2D eigenvalue weighted by molar-refractivity contribution is -0.138. The van der Waals surface area contributed by atoms with Crippen molar-refractivity contribution >= 4 is 11.9 Å². The summed E-state index contributed by atoms with van der Waals surface area (Å²) < 4.78 is 0. The molecule has 2 N–H and O–H groups in total. The van der Waals surface area contributed by atoms with E-state index in [4.69, 9.17) is 5.11 Å². The van der Waals surface area contributed by atoms with E-state index in [1.165, 1.54) is 5.56 Å². The van der Waals surface area contributed by atoms with Crippen LogP contribution < -0.4 is 5.32 Å². The lowest BCUT2D eigenvalue weighted by Gasteiger charge is -2.29. The van der Waals surface area contributed by atoms with Crippen LogP contribution in [0.3, 0.4) is 0 Å². The zero-order chi connectivity index (χ0) is 14.8. The fraction of sp³-hybridized carbons (Fsp3) is 0.500. The number of hydrogen-bond acceptors (Lipinski definition) is 3. The molecule has 112 valence electrons. The normalized spacial score (nSPS) is 24.7. The van der Waals surface area contributed by atoms with Crippen LogP contribution in [0.2, 0.25) is 0 Å². The zero-order valence-electron chi connectivity index (χ0n) is 11.9. The quantitative estimate of drug-likeness (QED) is 0.877. The third kappa shape index (κ3) is 2.93. The predicted octanol–water partition coefficient (Wildman–Crippen LogP) is 1.20. The number of carbonyl (C=O) groups is 2. The average molecular weight is 288 g/mol. The van der Waals surface area contributed by atoms with E-state index in [0.29, 0.717) is 19.6 Å². The summed E-state index contributed by atoms with van der Waals surface area (Å²) in [6.45, 7) is 2.72. The fourth-order valence-corrected chi connectivity index (χ4v) is 3.38. The van der Waals surface area contributed by atoms with Gasteiger partial charge in [0.15, 0.2) is 0 Å². The second-order valence-corrected chi connectivity index (χ2v) is 5.92. The Balaban J connectivity index is 1.71. The van der Waals surface area contributed by atoms with E-state index in [2.05, 4.69) is 11.4 Å². The Hall–Kier alpha value is -1.88. The van der Waals surface area contributed by atoms with Gasteiger partial charge in [0.1, 0.15) is 0 Å². The highest BCUT2D eigenvalue weighted by Gasteiger charge is 2.34. The standard InChI is InChI=1S/C16H20N2O3/c19-15(20)7-11-5-6-18(10-11)16(21)14-9-17-8-12-3-1-2-4-13(12)14/h1-4,11,14,17H,5-10H2,(H,19,20). The van der Waals surface area contributed by atoms with Crippen molar-refractivity contribution in [3.8, 4) is 0 Å². The molecule has 0 aromatic heterocycles. The van der Waals surface area contributed by atoms with Crippen LogP contribution in [0.15, 0.2) is 24.3 Å². The maximum atomic E-state index is 12.7. The van der Waals surface area contributed by atoms with Crippen molar-refractivity contribution in [3.63, 3.8) is 0 Å². The Morgan fingerprint density at radius 2 is 2.14 bits per heavy atom. The number of amides is 1. The molecular weight excluding hydrogens is 268 g/mol. The summed E-state index contributed by atoms with van der Waals surface area (Å²) in [4.78, 5) is 25.4. The number of nitrogens with zero attached hydrogens (tertiary/aromatic N) is 1. The van der Waals surface area contributed by atoms with E-state index in [-0.39, 0.29) is 24.2 Å². The largest absolute Gasteiger partial charge is 0.481 e. The van der Waals surface area contributed by atoms with E-state index >= 15 is 0 Å². The molecule has 0 spiro atoms. The maximum absolute atomic E-state index is 12.7. The third-order valence-corrected chi connectivity index (χ3v) is 4.45. The Bertz CT molecular complexity index is 558. The monoisotopic (exact) mass is 288 g/mol. The smallest absolute Gasteiger partial charge is 0.303 e. The molecule has 1 fully saturated rings. The molecule has 0 bridgehead atoms. The molecule has 2 unspecified atom stereocenters. The van der Waals surface area contributed by atoms with Crippen LogP contribution in [0, 0.1) is 5.92 Å². The van der Waals surface area contributed by atoms with Crippen LogP contribution in [-0.2, 0) is 16.1 Å². The molecule has 2 aliphatic heterocycles. The number of nitrogens with one attached hydrogen (secondary N) is 1. The van der Waals surface area contributed by atoms with Crippen LogP contribution in [0.4, 0.5) is 0 Å². The minimum Gasteiger partial charge on any atom is -0.481 e. The molecule has 1 aromatic carbocycles. The highest BCUT2D eigenvalue weighted by molar-refractivity contribution is 5.85. The van der Waals surface area contributed by atoms with Crippen LogP contribution >= 0.6 is 0 Å². The molecule has 1 amide bonds. The molecule has 1 aromatic rings. The SMILES string of the molecule is O=C(O)CC1CCN(C(=O)C2CNCc3ccccc32)C1. The number of aliphatic carboxylic acids is 1. The van der Waals surface area contributed by atoms with Crippen molar-refractivity contribution in [3.05, 3.63) is 35.4 Å². The Morgan fingerprint density at radius 1 is 1.33 bits per heavy atom. The fourth-order valence-electron chi connectivity index (χ4n) is 3.38. The molecule has 2 heterocycles. The number of carboxylic acids is 1. The number of fused-ring (bicyclic) bond motifs is 1. The van der Waals surface area contributed by atoms with Crippen molar-refractivity contribution in [2.24, 2.45) is 5.92 Å². The van der Waals surface area contributed by atoms with Gasteiger partial charge in [0.25, 0.3) is 0 Å². The van der Waals surface area contributed by atoms with Gasteiger partial charge in [-0.2, -0.15) is 0 Å². The maximum Gasteiger partial charge on any atom is 0.303 e. The van der Waals surface area contributed by atoms with Crippen LogP contribution in [-0.4, -0.2) is 41.5 Å². The van der Waals surface area contributed by atoms with Gasteiger partial charge in [-0.1, -0.05) is 24.3 Å². The van der Waals surface area contributed by atoms with E-state index < -0.39 is 5.97 Å². The molecule has 2 atom stereocenters. The van der Waals surface area contributed by atoms with Crippen molar-refractivity contribution in [1.82, 2.24) is 10.2 Å². The number of likely N-dealkylation sites (tertiary alicyclic amines) is 1. The molecule has 2 aliphatic rings.